The molecule has 1 heterocycles. The van der Waals surface area contributed by atoms with Gasteiger partial charge in [0, 0.05) is 31.7 Å². The lowest BCUT2D eigenvalue weighted by Crippen LogP contribution is -2.41. The maximum Gasteiger partial charge on any atom is 0.191 e. The molecule has 128 valence electrons. The predicted octanol–water partition coefficient (Wildman–Crippen LogP) is 2.35. The van der Waals surface area contributed by atoms with Crippen LogP contribution in [0.4, 0.5) is 4.39 Å². The number of aliphatic imine (C=N–C) groups is 1. The van der Waals surface area contributed by atoms with Crippen LogP contribution in [0.2, 0.25) is 0 Å². The Hall–Kier alpha value is -2.37. The molecule has 0 aliphatic heterocycles. The van der Waals surface area contributed by atoms with Gasteiger partial charge in [0.15, 0.2) is 5.96 Å². The van der Waals surface area contributed by atoms with Gasteiger partial charge in [0.05, 0.1) is 12.2 Å². The van der Waals surface area contributed by atoms with Crippen molar-refractivity contribution in [1.29, 1.82) is 0 Å². The van der Waals surface area contributed by atoms with Crippen molar-refractivity contribution in [2.45, 2.75) is 31.7 Å². The summed E-state index contributed by atoms with van der Waals surface area (Å²) in [6.45, 7) is 4.05. The minimum absolute atomic E-state index is 0.103. The van der Waals surface area contributed by atoms with E-state index in [0.717, 1.165) is 36.6 Å². The Labute approximate surface area is 142 Å². The Morgan fingerprint density at radius 2 is 2.08 bits per heavy atom. The molecule has 1 aromatic heterocycles. The number of nitrogens with zero attached hydrogens (tertiary/aromatic N) is 3. The maximum absolute atomic E-state index is 14.1. The topological polar surface area (TPSA) is 54.2 Å². The summed E-state index contributed by atoms with van der Waals surface area (Å²) in [5, 5.41) is 10.8. The highest BCUT2D eigenvalue weighted by atomic mass is 19.1. The van der Waals surface area contributed by atoms with Crippen molar-refractivity contribution in [3.8, 4) is 0 Å². The molecular weight excluding hydrogens is 305 g/mol. The van der Waals surface area contributed by atoms with E-state index in [1.165, 1.54) is 6.07 Å². The van der Waals surface area contributed by atoms with E-state index in [4.69, 9.17) is 0 Å². The summed E-state index contributed by atoms with van der Waals surface area (Å²) in [7, 11) is 1.91. The van der Waals surface area contributed by atoms with E-state index in [0.29, 0.717) is 13.1 Å². The Bertz CT molecular complexity index is 718. The van der Waals surface area contributed by atoms with Crippen molar-refractivity contribution in [3.63, 3.8) is 0 Å². The summed E-state index contributed by atoms with van der Waals surface area (Å²) in [6, 6.07) is 9.03. The van der Waals surface area contributed by atoms with Gasteiger partial charge in [-0.15, -0.1) is 0 Å². The fraction of sp³-hybridized carbons (Fsp3) is 0.444. The second-order valence-corrected chi connectivity index (χ2v) is 6.26. The molecule has 2 aromatic rings. The monoisotopic (exact) mass is 329 g/mol. The zero-order valence-electron chi connectivity index (χ0n) is 14.2. The van der Waals surface area contributed by atoms with Gasteiger partial charge in [0.1, 0.15) is 5.82 Å². The smallest absolute Gasteiger partial charge is 0.191 e. The molecule has 1 aromatic carbocycles. The zero-order valence-corrected chi connectivity index (χ0v) is 14.2. The van der Waals surface area contributed by atoms with Crippen LogP contribution in [0.15, 0.2) is 41.5 Å². The Balaban J connectivity index is 1.66. The SMILES string of the molecule is CCNC(=NCc1ccnn1C)NCC1(c2ccccc2F)CC1. The standard InChI is InChI=1S/C18H24FN5/c1-3-20-17(21-12-14-8-11-23-24(14)2)22-13-18(9-10-18)15-6-4-5-7-16(15)19/h4-8,11H,3,9-10,12-13H2,1-2H3,(H2,20,21,22). The molecule has 0 saturated heterocycles. The summed E-state index contributed by atoms with van der Waals surface area (Å²) in [5.74, 6) is 0.634. The highest BCUT2D eigenvalue weighted by molar-refractivity contribution is 5.79. The first-order valence-corrected chi connectivity index (χ1v) is 8.39. The van der Waals surface area contributed by atoms with Crippen molar-refractivity contribution < 1.29 is 4.39 Å². The number of aromatic nitrogens is 2. The van der Waals surface area contributed by atoms with Crippen LogP contribution in [0.3, 0.4) is 0 Å². The van der Waals surface area contributed by atoms with Crippen LogP contribution in [-0.2, 0) is 19.0 Å². The van der Waals surface area contributed by atoms with Gasteiger partial charge in [-0.05, 0) is 37.5 Å². The summed E-state index contributed by atoms with van der Waals surface area (Å²) in [4.78, 5) is 4.60. The summed E-state index contributed by atoms with van der Waals surface area (Å²) in [5.41, 5.74) is 1.75. The van der Waals surface area contributed by atoms with Crippen LogP contribution >= 0.6 is 0 Å². The fourth-order valence-corrected chi connectivity index (χ4v) is 2.89. The minimum atomic E-state index is -0.117. The second kappa shape index (κ2) is 7.03. The number of guanidine groups is 1. The van der Waals surface area contributed by atoms with Crippen molar-refractivity contribution in [2.24, 2.45) is 12.0 Å². The Kier molecular flexibility index (Phi) is 4.83. The lowest BCUT2D eigenvalue weighted by atomic mass is 9.95. The van der Waals surface area contributed by atoms with Crippen molar-refractivity contribution >= 4 is 5.96 Å². The molecule has 3 rings (SSSR count). The molecule has 2 N–H and O–H groups in total. The Morgan fingerprint density at radius 1 is 1.29 bits per heavy atom. The van der Waals surface area contributed by atoms with Crippen LogP contribution in [0.5, 0.6) is 0 Å². The quantitative estimate of drug-likeness (QED) is 0.632. The van der Waals surface area contributed by atoms with Gasteiger partial charge in [-0.1, -0.05) is 18.2 Å². The highest BCUT2D eigenvalue weighted by Gasteiger charge is 2.45. The van der Waals surface area contributed by atoms with Crippen molar-refractivity contribution in [2.75, 3.05) is 13.1 Å². The second-order valence-electron chi connectivity index (χ2n) is 6.26. The molecule has 0 spiro atoms. The van der Waals surface area contributed by atoms with Gasteiger partial charge >= 0.3 is 0 Å². The summed E-state index contributed by atoms with van der Waals surface area (Å²) < 4.78 is 15.9. The molecule has 0 amide bonds. The molecule has 0 unspecified atom stereocenters. The van der Waals surface area contributed by atoms with Crippen LogP contribution in [0.1, 0.15) is 31.0 Å². The zero-order chi connectivity index (χ0) is 17.0. The fourth-order valence-electron chi connectivity index (χ4n) is 2.89. The van der Waals surface area contributed by atoms with Gasteiger partial charge in [-0.3, -0.25) is 4.68 Å². The van der Waals surface area contributed by atoms with Crippen LogP contribution < -0.4 is 10.6 Å². The van der Waals surface area contributed by atoms with E-state index in [1.807, 2.05) is 36.9 Å². The third-order valence-electron chi connectivity index (χ3n) is 4.56. The molecule has 1 saturated carbocycles. The van der Waals surface area contributed by atoms with E-state index < -0.39 is 0 Å². The molecule has 0 atom stereocenters. The third-order valence-corrected chi connectivity index (χ3v) is 4.56. The number of aryl methyl sites for hydroxylation is 1. The molecule has 1 aliphatic rings. The van der Waals surface area contributed by atoms with E-state index in [1.54, 1.807) is 12.3 Å². The third kappa shape index (κ3) is 3.58. The Morgan fingerprint density at radius 3 is 2.71 bits per heavy atom. The van der Waals surface area contributed by atoms with Gasteiger partial charge in [-0.2, -0.15) is 5.10 Å². The number of hydrogen-bond donors (Lipinski definition) is 2. The summed E-state index contributed by atoms with van der Waals surface area (Å²) in [6.07, 6.45) is 3.77. The molecule has 0 bridgehead atoms. The number of hydrogen-bond acceptors (Lipinski definition) is 2. The van der Waals surface area contributed by atoms with Crippen LogP contribution in [0, 0.1) is 5.82 Å². The van der Waals surface area contributed by atoms with Gasteiger partial charge in [-0.25, -0.2) is 9.38 Å². The van der Waals surface area contributed by atoms with Crippen molar-refractivity contribution in [3.05, 3.63) is 53.6 Å². The van der Waals surface area contributed by atoms with Gasteiger partial charge in [0.25, 0.3) is 0 Å². The lowest BCUT2D eigenvalue weighted by Gasteiger charge is -2.19. The normalized spacial score (nSPS) is 16.0. The van der Waals surface area contributed by atoms with Crippen LogP contribution in [-0.4, -0.2) is 28.8 Å². The van der Waals surface area contributed by atoms with E-state index in [-0.39, 0.29) is 11.2 Å². The first-order valence-electron chi connectivity index (χ1n) is 8.39. The predicted molar refractivity (Wildman–Crippen MR) is 93.3 cm³/mol. The molecule has 0 radical (unpaired) electrons. The van der Waals surface area contributed by atoms with E-state index in [2.05, 4.69) is 20.7 Å². The largest absolute Gasteiger partial charge is 0.357 e. The average Bonchev–Trinajstić information content (AvgIpc) is 3.26. The van der Waals surface area contributed by atoms with Gasteiger partial charge in [0.2, 0.25) is 0 Å². The van der Waals surface area contributed by atoms with E-state index >= 15 is 0 Å². The number of benzene rings is 1. The molecule has 24 heavy (non-hydrogen) atoms. The molecule has 1 aliphatic carbocycles. The summed E-state index contributed by atoms with van der Waals surface area (Å²) >= 11 is 0. The molecule has 6 heteroatoms. The van der Waals surface area contributed by atoms with E-state index in [9.17, 15) is 4.39 Å². The number of nitrogens with one attached hydrogen (secondary N) is 2. The first-order chi connectivity index (χ1) is 11.6. The molecule has 5 nitrogen and oxygen atoms in total. The number of rotatable bonds is 6. The number of halogens is 1. The first kappa shape index (κ1) is 16.5. The van der Waals surface area contributed by atoms with Crippen LogP contribution in [0.25, 0.3) is 0 Å². The maximum atomic E-state index is 14.1. The molecular formula is C18H24FN5. The highest BCUT2D eigenvalue weighted by Crippen LogP contribution is 2.48. The minimum Gasteiger partial charge on any atom is -0.357 e. The average molecular weight is 329 g/mol. The molecule has 1 fully saturated rings. The van der Waals surface area contributed by atoms with Gasteiger partial charge < -0.3 is 10.6 Å². The van der Waals surface area contributed by atoms with Crippen molar-refractivity contribution in [1.82, 2.24) is 20.4 Å². The lowest BCUT2D eigenvalue weighted by molar-refractivity contribution is 0.559.